The minimum absolute atomic E-state index is 0.00652. The smallest absolute Gasteiger partial charge is 0.235 e. The average Bonchev–Trinajstić information content (AvgIpc) is 3.28. The molecule has 24 heavy (non-hydrogen) atoms. The Morgan fingerprint density at radius 3 is 2.62 bits per heavy atom. The van der Waals surface area contributed by atoms with Crippen LogP contribution in [0, 0.1) is 0 Å². The van der Waals surface area contributed by atoms with Gasteiger partial charge in [0.05, 0.1) is 5.41 Å². The number of fused-ring (bicyclic) bond motifs is 1. The lowest BCUT2D eigenvalue weighted by Gasteiger charge is -2.15. The van der Waals surface area contributed by atoms with Crippen molar-refractivity contribution in [1.29, 1.82) is 0 Å². The van der Waals surface area contributed by atoms with E-state index in [2.05, 4.69) is 10.3 Å². The molecule has 0 bridgehead atoms. The summed E-state index contributed by atoms with van der Waals surface area (Å²) in [5, 5.41) is 4.09. The molecule has 0 aliphatic heterocycles. The highest BCUT2D eigenvalue weighted by Gasteiger charge is 2.52. The van der Waals surface area contributed by atoms with Crippen molar-refractivity contribution >= 4 is 28.3 Å². The first-order chi connectivity index (χ1) is 11.6. The molecule has 1 aliphatic carbocycles. The van der Waals surface area contributed by atoms with Gasteiger partial charge in [-0.1, -0.05) is 30.3 Å². The van der Waals surface area contributed by atoms with E-state index in [1.165, 1.54) is 6.92 Å². The van der Waals surface area contributed by atoms with Gasteiger partial charge >= 0.3 is 0 Å². The largest absolute Gasteiger partial charge is 0.361 e. The number of aromatic amines is 1. The van der Waals surface area contributed by atoms with Crippen molar-refractivity contribution < 1.29 is 9.59 Å². The maximum absolute atomic E-state index is 12.9. The highest BCUT2D eigenvalue weighted by atomic mass is 16.2. The van der Waals surface area contributed by atoms with E-state index in [4.69, 9.17) is 0 Å². The van der Waals surface area contributed by atoms with E-state index in [1.807, 2.05) is 36.5 Å². The highest BCUT2D eigenvalue weighted by Crippen LogP contribution is 2.51. The SMILES string of the molecule is CC(=O)c1cccc(NC(=O)C2(c3c[nH]c4ccccc34)CC2)c1. The minimum atomic E-state index is -0.466. The molecule has 1 aliphatic rings. The summed E-state index contributed by atoms with van der Waals surface area (Å²) in [4.78, 5) is 27.7. The molecule has 1 fully saturated rings. The normalized spacial score (nSPS) is 15.2. The summed E-state index contributed by atoms with van der Waals surface area (Å²) in [6, 6.07) is 15.1. The zero-order valence-electron chi connectivity index (χ0n) is 13.4. The Morgan fingerprint density at radius 2 is 1.88 bits per heavy atom. The fourth-order valence-electron chi connectivity index (χ4n) is 3.28. The van der Waals surface area contributed by atoms with Crippen LogP contribution in [0.15, 0.2) is 54.7 Å². The number of amides is 1. The number of Topliss-reactive ketones (excluding diaryl/α,β-unsaturated/α-hetero) is 1. The van der Waals surface area contributed by atoms with Crippen molar-refractivity contribution in [3.05, 3.63) is 65.9 Å². The lowest BCUT2D eigenvalue weighted by molar-refractivity contribution is -0.118. The van der Waals surface area contributed by atoms with Crippen LogP contribution in [-0.2, 0) is 10.2 Å². The molecular formula is C20H18N2O2. The number of carbonyl (C=O) groups excluding carboxylic acids is 2. The third kappa shape index (κ3) is 2.31. The van der Waals surface area contributed by atoms with Gasteiger partial charge in [-0.25, -0.2) is 0 Å². The van der Waals surface area contributed by atoms with Crippen molar-refractivity contribution in [2.24, 2.45) is 0 Å². The monoisotopic (exact) mass is 318 g/mol. The summed E-state index contributed by atoms with van der Waals surface area (Å²) < 4.78 is 0. The number of anilines is 1. The number of aromatic nitrogens is 1. The number of rotatable bonds is 4. The molecule has 0 atom stereocenters. The van der Waals surface area contributed by atoms with Gasteiger partial charge in [0, 0.05) is 28.4 Å². The standard InChI is InChI=1S/C20H18N2O2/c1-13(23)14-5-4-6-15(11-14)22-19(24)20(9-10-20)17-12-21-18-8-3-2-7-16(17)18/h2-8,11-12,21H,9-10H2,1H3,(H,22,24). The van der Waals surface area contributed by atoms with Gasteiger partial charge < -0.3 is 10.3 Å². The third-order valence-corrected chi connectivity index (χ3v) is 4.82. The molecule has 4 heteroatoms. The minimum Gasteiger partial charge on any atom is -0.361 e. The maximum Gasteiger partial charge on any atom is 0.235 e. The summed E-state index contributed by atoms with van der Waals surface area (Å²) in [6.45, 7) is 1.52. The molecule has 120 valence electrons. The van der Waals surface area contributed by atoms with Gasteiger partial charge in [-0.2, -0.15) is 0 Å². The Balaban J connectivity index is 1.65. The molecule has 1 heterocycles. The Kier molecular flexibility index (Phi) is 3.27. The van der Waals surface area contributed by atoms with Crippen LogP contribution in [0.2, 0.25) is 0 Å². The molecule has 1 saturated carbocycles. The van der Waals surface area contributed by atoms with Gasteiger partial charge in [-0.05, 0) is 43.5 Å². The molecule has 0 radical (unpaired) electrons. The van der Waals surface area contributed by atoms with Gasteiger partial charge in [0.15, 0.2) is 5.78 Å². The first-order valence-electron chi connectivity index (χ1n) is 8.09. The fourth-order valence-corrected chi connectivity index (χ4v) is 3.28. The van der Waals surface area contributed by atoms with E-state index in [0.717, 1.165) is 29.3 Å². The number of ketones is 1. The summed E-state index contributed by atoms with van der Waals surface area (Å²) >= 11 is 0. The van der Waals surface area contributed by atoms with Gasteiger partial charge in [0.1, 0.15) is 0 Å². The van der Waals surface area contributed by atoms with Crippen molar-refractivity contribution in [2.75, 3.05) is 5.32 Å². The molecule has 0 spiro atoms. The fraction of sp³-hybridized carbons (Fsp3) is 0.200. The highest BCUT2D eigenvalue weighted by molar-refractivity contribution is 6.05. The molecule has 1 aromatic heterocycles. The van der Waals surface area contributed by atoms with Crippen molar-refractivity contribution in [1.82, 2.24) is 4.98 Å². The molecule has 0 saturated heterocycles. The summed E-state index contributed by atoms with van der Waals surface area (Å²) in [5.41, 5.74) is 2.90. The van der Waals surface area contributed by atoms with Crippen LogP contribution in [0.25, 0.3) is 10.9 Å². The zero-order chi connectivity index (χ0) is 16.7. The molecule has 2 aromatic carbocycles. The van der Waals surface area contributed by atoms with Gasteiger partial charge in [-0.15, -0.1) is 0 Å². The number of nitrogens with one attached hydrogen (secondary N) is 2. The van der Waals surface area contributed by atoms with Crippen LogP contribution >= 0.6 is 0 Å². The molecular weight excluding hydrogens is 300 g/mol. The second kappa shape index (κ2) is 5.34. The van der Waals surface area contributed by atoms with E-state index in [-0.39, 0.29) is 11.7 Å². The summed E-state index contributed by atoms with van der Waals surface area (Å²) in [5.74, 6) is -0.0168. The van der Waals surface area contributed by atoms with Gasteiger partial charge in [0.25, 0.3) is 0 Å². The average molecular weight is 318 g/mol. The van der Waals surface area contributed by atoms with Crippen LogP contribution in [0.5, 0.6) is 0 Å². The lowest BCUT2D eigenvalue weighted by atomic mass is 9.94. The number of hydrogen-bond acceptors (Lipinski definition) is 2. The number of hydrogen-bond donors (Lipinski definition) is 2. The molecule has 0 unspecified atom stereocenters. The van der Waals surface area contributed by atoms with Gasteiger partial charge in [-0.3, -0.25) is 9.59 Å². The Labute approximate surface area is 139 Å². The first-order valence-corrected chi connectivity index (χ1v) is 8.09. The molecule has 3 aromatic rings. The zero-order valence-corrected chi connectivity index (χ0v) is 13.4. The topological polar surface area (TPSA) is 62.0 Å². The summed E-state index contributed by atoms with van der Waals surface area (Å²) in [6.07, 6.45) is 3.63. The van der Waals surface area contributed by atoms with E-state index in [1.54, 1.807) is 18.2 Å². The second-order valence-electron chi connectivity index (χ2n) is 6.42. The van der Waals surface area contributed by atoms with Crippen LogP contribution in [-0.4, -0.2) is 16.7 Å². The van der Waals surface area contributed by atoms with E-state index in [9.17, 15) is 9.59 Å². The van der Waals surface area contributed by atoms with Gasteiger partial charge in [0.2, 0.25) is 5.91 Å². The predicted molar refractivity (Wildman–Crippen MR) is 94.3 cm³/mol. The van der Waals surface area contributed by atoms with E-state index in [0.29, 0.717) is 11.3 Å². The van der Waals surface area contributed by atoms with E-state index >= 15 is 0 Å². The number of carbonyl (C=O) groups is 2. The first kappa shape index (κ1) is 14.7. The quantitative estimate of drug-likeness (QED) is 0.713. The maximum atomic E-state index is 12.9. The Morgan fingerprint density at radius 1 is 1.08 bits per heavy atom. The van der Waals surface area contributed by atoms with E-state index < -0.39 is 5.41 Å². The lowest BCUT2D eigenvalue weighted by Crippen LogP contribution is -2.27. The molecule has 4 nitrogen and oxygen atoms in total. The van der Waals surface area contributed by atoms with Crippen LogP contribution in [0.4, 0.5) is 5.69 Å². The van der Waals surface area contributed by atoms with Crippen LogP contribution in [0.1, 0.15) is 35.7 Å². The number of benzene rings is 2. The molecule has 2 N–H and O–H groups in total. The third-order valence-electron chi connectivity index (χ3n) is 4.82. The molecule has 4 rings (SSSR count). The number of para-hydroxylation sites is 1. The van der Waals surface area contributed by atoms with Crippen LogP contribution < -0.4 is 5.32 Å². The number of H-pyrrole nitrogens is 1. The summed E-state index contributed by atoms with van der Waals surface area (Å²) in [7, 11) is 0. The molecule has 1 amide bonds. The second-order valence-corrected chi connectivity index (χ2v) is 6.42. The van der Waals surface area contributed by atoms with Crippen molar-refractivity contribution in [3.63, 3.8) is 0 Å². The Hall–Kier alpha value is -2.88. The van der Waals surface area contributed by atoms with Crippen molar-refractivity contribution in [2.45, 2.75) is 25.2 Å². The Bertz CT molecular complexity index is 951. The predicted octanol–water partition coefficient (Wildman–Crippen LogP) is 4.04. The van der Waals surface area contributed by atoms with Crippen molar-refractivity contribution in [3.8, 4) is 0 Å². The van der Waals surface area contributed by atoms with Crippen LogP contribution in [0.3, 0.4) is 0 Å².